The number of nitrogens with one attached hydrogen (secondary N) is 1. The van der Waals surface area contributed by atoms with E-state index < -0.39 is 0 Å². The van der Waals surface area contributed by atoms with E-state index in [1.165, 1.54) is 0 Å². The normalized spacial score (nSPS) is 16.8. The van der Waals surface area contributed by atoms with Gasteiger partial charge in [0.2, 0.25) is 0 Å². The van der Waals surface area contributed by atoms with Crippen molar-refractivity contribution in [2.24, 2.45) is 5.41 Å². The van der Waals surface area contributed by atoms with E-state index in [4.69, 9.17) is 0 Å². The number of hydrogen-bond donors (Lipinski definition) is 1. The fraction of sp³-hybridized carbons (Fsp3) is 0.529. The first-order chi connectivity index (χ1) is 10.5. The molecule has 3 rings (SSSR count). The van der Waals surface area contributed by atoms with Gasteiger partial charge >= 0.3 is 5.69 Å². The van der Waals surface area contributed by atoms with E-state index in [0.717, 1.165) is 37.0 Å². The highest BCUT2D eigenvalue weighted by atomic mass is 16.2. The number of aromatic amines is 1. The van der Waals surface area contributed by atoms with Gasteiger partial charge in [-0.3, -0.25) is 9.36 Å². The van der Waals surface area contributed by atoms with Gasteiger partial charge in [-0.25, -0.2) is 4.79 Å². The van der Waals surface area contributed by atoms with Crippen LogP contribution in [0.3, 0.4) is 0 Å². The standard InChI is InChI=1S/C17H23N3O2/c1-4-17(5-2)10-19(11-17)15(21)12-7-8-14-13(9-12)18-16(22)20(14)6-3/h7-9H,4-6,10-11H2,1-3H3,(H,18,22). The number of benzene rings is 1. The highest BCUT2D eigenvalue weighted by molar-refractivity contribution is 5.97. The van der Waals surface area contributed by atoms with E-state index in [-0.39, 0.29) is 11.6 Å². The maximum atomic E-state index is 12.6. The van der Waals surface area contributed by atoms with Crippen molar-refractivity contribution >= 4 is 16.9 Å². The molecule has 22 heavy (non-hydrogen) atoms. The molecule has 1 aromatic carbocycles. The molecule has 118 valence electrons. The van der Waals surface area contributed by atoms with Crippen LogP contribution in [0.5, 0.6) is 0 Å². The van der Waals surface area contributed by atoms with Crippen LogP contribution < -0.4 is 5.69 Å². The quantitative estimate of drug-likeness (QED) is 0.943. The van der Waals surface area contributed by atoms with Gasteiger partial charge < -0.3 is 9.88 Å². The van der Waals surface area contributed by atoms with Crippen LogP contribution in [0.4, 0.5) is 0 Å². The zero-order valence-corrected chi connectivity index (χ0v) is 13.5. The van der Waals surface area contributed by atoms with Crippen molar-refractivity contribution in [2.45, 2.75) is 40.2 Å². The van der Waals surface area contributed by atoms with E-state index >= 15 is 0 Å². The number of aryl methyl sites for hydroxylation is 1. The van der Waals surface area contributed by atoms with Crippen LogP contribution in [-0.4, -0.2) is 33.4 Å². The molecule has 5 nitrogen and oxygen atoms in total. The Morgan fingerprint density at radius 1 is 1.23 bits per heavy atom. The third-order valence-electron chi connectivity index (χ3n) is 5.18. The maximum absolute atomic E-state index is 12.6. The number of carbonyl (C=O) groups is 1. The molecular weight excluding hydrogens is 278 g/mol. The summed E-state index contributed by atoms with van der Waals surface area (Å²) < 4.78 is 1.67. The number of rotatable bonds is 4. The predicted molar refractivity (Wildman–Crippen MR) is 87.2 cm³/mol. The first-order valence-corrected chi connectivity index (χ1v) is 8.05. The Hall–Kier alpha value is -2.04. The fourth-order valence-corrected chi connectivity index (χ4v) is 3.40. The summed E-state index contributed by atoms with van der Waals surface area (Å²) in [5, 5.41) is 0. The molecule has 0 radical (unpaired) electrons. The van der Waals surface area contributed by atoms with Crippen LogP contribution in [0, 0.1) is 5.41 Å². The number of aromatic nitrogens is 2. The summed E-state index contributed by atoms with van der Waals surface area (Å²) in [5.74, 6) is 0.0597. The molecule has 1 fully saturated rings. The lowest BCUT2D eigenvalue weighted by atomic mass is 9.75. The van der Waals surface area contributed by atoms with Crippen LogP contribution in [0.2, 0.25) is 0 Å². The molecule has 5 heteroatoms. The molecule has 2 heterocycles. The lowest BCUT2D eigenvalue weighted by Crippen LogP contribution is -2.57. The van der Waals surface area contributed by atoms with Crippen molar-refractivity contribution in [1.82, 2.24) is 14.5 Å². The second-order valence-corrected chi connectivity index (χ2v) is 6.27. The summed E-state index contributed by atoms with van der Waals surface area (Å²) in [6.07, 6.45) is 2.22. The van der Waals surface area contributed by atoms with Crippen LogP contribution in [0.1, 0.15) is 44.0 Å². The monoisotopic (exact) mass is 301 g/mol. The van der Waals surface area contributed by atoms with Crippen molar-refractivity contribution in [3.8, 4) is 0 Å². The Morgan fingerprint density at radius 2 is 1.91 bits per heavy atom. The highest BCUT2D eigenvalue weighted by Crippen LogP contribution is 2.37. The number of hydrogen-bond acceptors (Lipinski definition) is 2. The van der Waals surface area contributed by atoms with Crippen molar-refractivity contribution < 1.29 is 4.79 Å². The molecule has 0 atom stereocenters. The Labute approximate surface area is 129 Å². The van der Waals surface area contributed by atoms with Crippen molar-refractivity contribution in [3.63, 3.8) is 0 Å². The smallest absolute Gasteiger partial charge is 0.326 e. The molecule has 1 saturated heterocycles. The largest absolute Gasteiger partial charge is 0.337 e. The minimum Gasteiger partial charge on any atom is -0.337 e. The first kappa shape index (κ1) is 14.9. The van der Waals surface area contributed by atoms with E-state index in [1.54, 1.807) is 10.6 Å². The average molecular weight is 301 g/mol. The molecule has 1 aliphatic heterocycles. The number of amides is 1. The summed E-state index contributed by atoms with van der Waals surface area (Å²) in [5.41, 5.74) is 2.42. The number of carbonyl (C=O) groups excluding carboxylic acids is 1. The summed E-state index contributed by atoms with van der Waals surface area (Å²) in [6.45, 7) is 8.61. The molecule has 0 bridgehead atoms. The molecule has 1 amide bonds. The van der Waals surface area contributed by atoms with Gasteiger partial charge in [0.15, 0.2) is 0 Å². The van der Waals surface area contributed by atoms with E-state index in [9.17, 15) is 9.59 Å². The topological polar surface area (TPSA) is 58.1 Å². The zero-order chi connectivity index (χ0) is 15.9. The van der Waals surface area contributed by atoms with E-state index in [1.807, 2.05) is 24.0 Å². The molecule has 2 aromatic rings. The molecule has 1 aliphatic rings. The number of likely N-dealkylation sites (tertiary alicyclic amines) is 1. The van der Waals surface area contributed by atoms with Gasteiger partial charge in [-0.1, -0.05) is 13.8 Å². The van der Waals surface area contributed by atoms with Gasteiger partial charge in [0.05, 0.1) is 11.0 Å². The van der Waals surface area contributed by atoms with Crippen LogP contribution in [0.25, 0.3) is 11.0 Å². The number of nitrogens with zero attached hydrogens (tertiary/aromatic N) is 2. The summed E-state index contributed by atoms with van der Waals surface area (Å²) >= 11 is 0. The lowest BCUT2D eigenvalue weighted by Gasteiger charge is -2.49. The molecule has 1 N–H and O–H groups in total. The highest BCUT2D eigenvalue weighted by Gasteiger charge is 2.42. The third-order valence-corrected chi connectivity index (χ3v) is 5.18. The maximum Gasteiger partial charge on any atom is 0.326 e. The third kappa shape index (κ3) is 2.16. The number of fused-ring (bicyclic) bond motifs is 1. The van der Waals surface area contributed by atoms with Gasteiger partial charge in [0, 0.05) is 30.6 Å². The Kier molecular flexibility index (Phi) is 3.59. The zero-order valence-electron chi connectivity index (χ0n) is 13.5. The lowest BCUT2D eigenvalue weighted by molar-refractivity contribution is 0.00134. The Balaban J connectivity index is 1.86. The van der Waals surface area contributed by atoms with Gasteiger partial charge in [-0.05, 0) is 38.0 Å². The molecule has 0 unspecified atom stereocenters. The van der Waals surface area contributed by atoms with Gasteiger partial charge in [-0.2, -0.15) is 0 Å². The molecule has 1 aromatic heterocycles. The average Bonchev–Trinajstić information content (AvgIpc) is 2.81. The summed E-state index contributed by atoms with van der Waals surface area (Å²) in [7, 11) is 0. The molecule has 0 aliphatic carbocycles. The minimum absolute atomic E-state index is 0.0597. The van der Waals surface area contributed by atoms with Crippen molar-refractivity contribution in [3.05, 3.63) is 34.2 Å². The van der Waals surface area contributed by atoms with E-state index in [2.05, 4.69) is 18.8 Å². The van der Waals surface area contributed by atoms with E-state index in [0.29, 0.717) is 17.5 Å². The molecular formula is C17H23N3O2. The van der Waals surface area contributed by atoms with Crippen LogP contribution in [-0.2, 0) is 6.54 Å². The summed E-state index contributed by atoms with van der Waals surface area (Å²) in [6, 6.07) is 5.47. The second kappa shape index (κ2) is 5.30. The number of imidazole rings is 1. The van der Waals surface area contributed by atoms with Gasteiger partial charge in [-0.15, -0.1) is 0 Å². The fourth-order valence-electron chi connectivity index (χ4n) is 3.40. The Morgan fingerprint density at radius 3 is 2.50 bits per heavy atom. The minimum atomic E-state index is -0.123. The molecule has 0 saturated carbocycles. The first-order valence-electron chi connectivity index (χ1n) is 8.05. The SMILES string of the molecule is CCn1c(=O)[nH]c2cc(C(=O)N3CC(CC)(CC)C3)ccc21. The van der Waals surface area contributed by atoms with Crippen LogP contribution >= 0.6 is 0 Å². The number of H-pyrrole nitrogens is 1. The van der Waals surface area contributed by atoms with Crippen LogP contribution in [0.15, 0.2) is 23.0 Å². The molecule has 0 spiro atoms. The van der Waals surface area contributed by atoms with Crippen molar-refractivity contribution in [1.29, 1.82) is 0 Å². The van der Waals surface area contributed by atoms with Gasteiger partial charge in [0.1, 0.15) is 0 Å². The second-order valence-electron chi connectivity index (χ2n) is 6.27. The Bertz CT molecular complexity index is 760. The van der Waals surface area contributed by atoms with Crippen molar-refractivity contribution in [2.75, 3.05) is 13.1 Å². The van der Waals surface area contributed by atoms with Gasteiger partial charge in [0.25, 0.3) is 5.91 Å². The summed E-state index contributed by atoms with van der Waals surface area (Å²) in [4.78, 5) is 29.1. The predicted octanol–water partition coefficient (Wildman–Crippen LogP) is 2.61.